The van der Waals surface area contributed by atoms with Crippen molar-refractivity contribution in [3.05, 3.63) is 59.0 Å². The van der Waals surface area contributed by atoms with Crippen LogP contribution in [0.15, 0.2) is 53.5 Å². The third-order valence-corrected chi connectivity index (χ3v) is 2.72. The molecule has 1 heterocycles. The van der Waals surface area contributed by atoms with Gasteiger partial charge in [-0.25, -0.2) is 4.79 Å². The molecule has 0 aliphatic rings. The Hall–Kier alpha value is -2.60. The summed E-state index contributed by atoms with van der Waals surface area (Å²) in [6, 6.07) is 11.6. The molecule has 6 nitrogen and oxygen atoms in total. The number of nitrogens with zero attached hydrogens (tertiary/aromatic N) is 1. The van der Waals surface area contributed by atoms with Crippen molar-refractivity contribution in [1.82, 2.24) is 4.57 Å². The molecule has 0 spiro atoms. The molecular formula is C15H16N2O4. The first-order valence-corrected chi connectivity index (χ1v) is 6.42. The maximum atomic E-state index is 11.7. The number of rotatable bonds is 5. The van der Waals surface area contributed by atoms with Gasteiger partial charge in [0, 0.05) is 25.9 Å². The second-order valence-corrected chi connectivity index (χ2v) is 4.27. The van der Waals surface area contributed by atoms with Gasteiger partial charge >= 0.3 is 6.09 Å². The minimum absolute atomic E-state index is 0.158. The number of pyridine rings is 1. The zero-order valence-corrected chi connectivity index (χ0v) is 11.6. The summed E-state index contributed by atoms with van der Waals surface area (Å²) in [4.78, 5) is 23.4. The molecule has 0 unspecified atom stereocenters. The average Bonchev–Trinajstić information content (AvgIpc) is 2.48. The van der Waals surface area contributed by atoms with Crippen molar-refractivity contribution < 1.29 is 14.3 Å². The predicted molar refractivity (Wildman–Crippen MR) is 78.7 cm³/mol. The quantitative estimate of drug-likeness (QED) is 0.914. The van der Waals surface area contributed by atoms with Gasteiger partial charge in [0.15, 0.2) is 0 Å². The van der Waals surface area contributed by atoms with Crippen LogP contribution in [-0.4, -0.2) is 24.4 Å². The first kappa shape index (κ1) is 14.8. The Kier molecular flexibility index (Phi) is 5.11. The van der Waals surface area contributed by atoms with E-state index in [2.05, 4.69) is 5.32 Å². The molecule has 0 bridgehead atoms. The Morgan fingerprint density at radius 3 is 2.67 bits per heavy atom. The largest absolute Gasteiger partial charge is 0.417 e. The second-order valence-electron chi connectivity index (χ2n) is 4.27. The van der Waals surface area contributed by atoms with Crippen molar-refractivity contribution in [3.8, 4) is 5.75 Å². The Bertz CT molecular complexity index is 652. The lowest BCUT2D eigenvalue weighted by Crippen LogP contribution is -2.23. The molecule has 2 aromatic rings. The van der Waals surface area contributed by atoms with Gasteiger partial charge in [-0.05, 0) is 18.2 Å². The molecule has 0 atom stereocenters. The SMILES string of the molecule is COCCn1cc(NC(=O)Oc2ccccc2)ccc1=O. The first-order valence-electron chi connectivity index (χ1n) is 6.42. The molecule has 2 rings (SSSR count). The van der Waals surface area contributed by atoms with Gasteiger partial charge in [-0.1, -0.05) is 18.2 Å². The van der Waals surface area contributed by atoms with E-state index in [-0.39, 0.29) is 5.56 Å². The van der Waals surface area contributed by atoms with Gasteiger partial charge in [0.2, 0.25) is 0 Å². The molecule has 110 valence electrons. The van der Waals surface area contributed by atoms with E-state index in [0.717, 1.165) is 0 Å². The minimum atomic E-state index is -0.613. The Morgan fingerprint density at radius 1 is 1.19 bits per heavy atom. The van der Waals surface area contributed by atoms with Gasteiger partial charge < -0.3 is 14.0 Å². The summed E-state index contributed by atoms with van der Waals surface area (Å²) in [7, 11) is 1.56. The standard InChI is InChI=1S/C15H16N2O4/c1-20-10-9-17-11-12(7-8-14(17)18)16-15(19)21-13-5-3-2-4-6-13/h2-8,11H,9-10H2,1H3,(H,16,19). The van der Waals surface area contributed by atoms with Crippen molar-refractivity contribution in [2.24, 2.45) is 0 Å². The average molecular weight is 288 g/mol. The lowest BCUT2D eigenvalue weighted by molar-refractivity contribution is 0.186. The third-order valence-electron chi connectivity index (χ3n) is 2.72. The smallest absolute Gasteiger partial charge is 0.410 e. The van der Waals surface area contributed by atoms with E-state index in [0.29, 0.717) is 24.6 Å². The van der Waals surface area contributed by atoms with Crippen LogP contribution in [0.3, 0.4) is 0 Å². The number of carbonyl (C=O) groups is 1. The molecule has 6 heteroatoms. The van der Waals surface area contributed by atoms with Gasteiger partial charge in [-0.3, -0.25) is 10.1 Å². The van der Waals surface area contributed by atoms with E-state index in [4.69, 9.17) is 9.47 Å². The van der Waals surface area contributed by atoms with E-state index in [1.54, 1.807) is 37.6 Å². The fourth-order valence-corrected chi connectivity index (χ4v) is 1.71. The summed E-state index contributed by atoms with van der Waals surface area (Å²) in [6.45, 7) is 0.830. The number of hydrogen-bond donors (Lipinski definition) is 1. The Labute approximate surface area is 121 Å². The molecule has 1 N–H and O–H groups in total. The van der Waals surface area contributed by atoms with E-state index >= 15 is 0 Å². The van der Waals surface area contributed by atoms with Crippen molar-refractivity contribution >= 4 is 11.8 Å². The maximum Gasteiger partial charge on any atom is 0.417 e. The van der Waals surface area contributed by atoms with Gasteiger partial charge in [0.1, 0.15) is 5.75 Å². The van der Waals surface area contributed by atoms with Gasteiger partial charge in [-0.15, -0.1) is 0 Å². The van der Waals surface area contributed by atoms with Crippen LogP contribution in [0.2, 0.25) is 0 Å². The van der Waals surface area contributed by atoms with Gasteiger partial charge in [-0.2, -0.15) is 0 Å². The highest BCUT2D eigenvalue weighted by Crippen LogP contribution is 2.10. The molecule has 1 aromatic heterocycles. The first-order chi connectivity index (χ1) is 10.2. The van der Waals surface area contributed by atoms with Crippen LogP contribution >= 0.6 is 0 Å². The van der Waals surface area contributed by atoms with Crippen molar-refractivity contribution in [3.63, 3.8) is 0 Å². The van der Waals surface area contributed by atoms with Gasteiger partial charge in [0.05, 0.1) is 12.3 Å². The summed E-state index contributed by atoms with van der Waals surface area (Å²) in [6.07, 6.45) is 0.936. The van der Waals surface area contributed by atoms with Gasteiger partial charge in [0.25, 0.3) is 5.56 Å². The van der Waals surface area contributed by atoms with Crippen molar-refractivity contribution in [1.29, 1.82) is 0 Å². The van der Waals surface area contributed by atoms with Crippen LogP contribution in [0.5, 0.6) is 5.75 Å². The van der Waals surface area contributed by atoms with Crippen LogP contribution in [0.4, 0.5) is 10.5 Å². The number of carbonyl (C=O) groups excluding carboxylic acids is 1. The topological polar surface area (TPSA) is 69.6 Å². The summed E-state index contributed by atoms with van der Waals surface area (Å²) in [5.74, 6) is 0.447. The monoisotopic (exact) mass is 288 g/mol. The summed E-state index contributed by atoms with van der Waals surface area (Å²) < 4.78 is 11.5. The second kappa shape index (κ2) is 7.25. The normalized spacial score (nSPS) is 10.1. The Morgan fingerprint density at radius 2 is 1.95 bits per heavy atom. The zero-order valence-electron chi connectivity index (χ0n) is 11.6. The van der Waals surface area contributed by atoms with Crippen LogP contribution < -0.4 is 15.6 Å². The highest BCUT2D eigenvalue weighted by molar-refractivity contribution is 5.85. The molecule has 0 aliphatic heterocycles. The van der Waals surface area contributed by atoms with Crippen LogP contribution in [0, 0.1) is 0 Å². The fourth-order valence-electron chi connectivity index (χ4n) is 1.71. The molecule has 1 aromatic carbocycles. The van der Waals surface area contributed by atoms with Crippen molar-refractivity contribution in [2.75, 3.05) is 19.0 Å². The minimum Gasteiger partial charge on any atom is -0.410 e. The third kappa shape index (κ3) is 4.47. The Balaban J connectivity index is 2.02. The number of hydrogen-bond acceptors (Lipinski definition) is 4. The molecule has 0 fully saturated rings. The molecular weight excluding hydrogens is 272 g/mol. The molecule has 0 radical (unpaired) electrons. The number of methoxy groups -OCH3 is 1. The highest BCUT2D eigenvalue weighted by Gasteiger charge is 2.06. The van der Waals surface area contributed by atoms with Crippen LogP contribution in [-0.2, 0) is 11.3 Å². The summed E-state index contributed by atoms with van der Waals surface area (Å²) in [5.41, 5.74) is 0.320. The van der Waals surface area contributed by atoms with E-state index in [1.807, 2.05) is 6.07 Å². The number of aromatic nitrogens is 1. The van der Waals surface area contributed by atoms with E-state index in [9.17, 15) is 9.59 Å². The molecule has 0 saturated heterocycles. The highest BCUT2D eigenvalue weighted by atomic mass is 16.6. The number of ether oxygens (including phenoxy) is 2. The zero-order chi connectivity index (χ0) is 15.1. The van der Waals surface area contributed by atoms with Crippen LogP contribution in [0.1, 0.15) is 0 Å². The number of nitrogens with one attached hydrogen (secondary N) is 1. The number of para-hydroxylation sites is 1. The summed E-state index contributed by atoms with van der Waals surface area (Å²) >= 11 is 0. The predicted octanol–water partition coefficient (Wildman–Crippen LogP) is 2.11. The fraction of sp³-hybridized carbons (Fsp3) is 0.200. The summed E-state index contributed by atoms with van der Waals surface area (Å²) in [5, 5.41) is 2.57. The number of anilines is 1. The van der Waals surface area contributed by atoms with Crippen LogP contribution in [0.25, 0.3) is 0 Å². The number of amides is 1. The molecule has 1 amide bonds. The lowest BCUT2D eigenvalue weighted by Gasteiger charge is -2.09. The van der Waals surface area contributed by atoms with E-state index in [1.165, 1.54) is 16.7 Å². The van der Waals surface area contributed by atoms with Crippen molar-refractivity contribution in [2.45, 2.75) is 6.54 Å². The molecule has 0 aliphatic carbocycles. The van der Waals surface area contributed by atoms with E-state index < -0.39 is 6.09 Å². The molecule has 21 heavy (non-hydrogen) atoms. The number of benzene rings is 1. The molecule has 0 saturated carbocycles. The lowest BCUT2D eigenvalue weighted by atomic mass is 10.3. The maximum absolute atomic E-state index is 11.7.